The Balaban J connectivity index is 1.60. The Hall–Kier alpha value is -1.43. The van der Waals surface area contributed by atoms with Gasteiger partial charge in [-0.1, -0.05) is 44.2 Å². The molecule has 0 aromatic heterocycles. The van der Waals surface area contributed by atoms with Gasteiger partial charge in [-0.15, -0.1) is 0 Å². The Kier molecular flexibility index (Phi) is 7.69. The smallest absolute Gasteiger partial charge is 0.236 e. The van der Waals surface area contributed by atoms with E-state index in [1.807, 2.05) is 0 Å². The molecule has 0 unspecified atom stereocenters. The van der Waals surface area contributed by atoms with E-state index in [0.29, 0.717) is 12.5 Å². The average molecular weight is 332 g/mol. The third kappa shape index (κ3) is 6.59. The highest BCUT2D eigenvalue weighted by atomic mass is 16.2. The number of nitrogens with two attached hydrogens (primary N) is 1. The molecule has 2 rings (SSSR count). The summed E-state index contributed by atoms with van der Waals surface area (Å²) < 4.78 is 0. The summed E-state index contributed by atoms with van der Waals surface area (Å²) in [6.45, 7) is 11.1. The van der Waals surface area contributed by atoms with Crippen molar-refractivity contribution in [3.05, 3.63) is 35.9 Å². The van der Waals surface area contributed by atoms with Gasteiger partial charge in [0.05, 0.1) is 6.04 Å². The van der Waals surface area contributed by atoms with Crippen LogP contribution < -0.4 is 11.1 Å². The van der Waals surface area contributed by atoms with Crippen molar-refractivity contribution in [2.24, 2.45) is 11.7 Å². The van der Waals surface area contributed by atoms with Crippen LogP contribution in [0.5, 0.6) is 0 Å². The minimum atomic E-state index is -0.382. The first-order chi connectivity index (χ1) is 11.5. The number of benzene rings is 1. The van der Waals surface area contributed by atoms with Gasteiger partial charge in [-0.3, -0.25) is 14.6 Å². The van der Waals surface area contributed by atoms with Crippen molar-refractivity contribution in [2.75, 3.05) is 39.3 Å². The predicted octanol–water partition coefficient (Wildman–Crippen LogP) is 1.29. The van der Waals surface area contributed by atoms with E-state index in [1.54, 1.807) is 0 Å². The highest BCUT2D eigenvalue weighted by molar-refractivity contribution is 5.81. The zero-order valence-electron chi connectivity index (χ0n) is 15.1. The number of carbonyl (C=O) groups is 1. The van der Waals surface area contributed by atoms with Gasteiger partial charge in [0.25, 0.3) is 0 Å². The molecule has 0 spiro atoms. The molecule has 0 radical (unpaired) electrons. The number of nitrogens with zero attached hydrogens (tertiary/aromatic N) is 2. The summed E-state index contributed by atoms with van der Waals surface area (Å²) in [4.78, 5) is 16.8. The monoisotopic (exact) mass is 332 g/mol. The van der Waals surface area contributed by atoms with E-state index in [4.69, 9.17) is 5.73 Å². The van der Waals surface area contributed by atoms with Crippen LogP contribution in [0.25, 0.3) is 0 Å². The third-order valence-corrected chi connectivity index (χ3v) is 4.50. The summed E-state index contributed by atoms with van der Waals surface area (Å²) >= 11 is 0. The maximum absolute atomic E-state index is 11.9. The van der Waals surface area contributed by atoms with Gasteiger partial charge in [0.1, 0.15) is 0 Å². The van der Waals surface area contributed by atoms with Crippen LogP contribution in [-0.2, 0) is 11.3 Å². The molecule has 5 nitrogen and oxygen atoms in total. The molecule has 1 aliphatic heterocycles. The van der Waals surface area contributed by atoms with Crippen LogP contribution in [0.3, 0.4) is 0 Å². The predicted molar refractivity (Wildman–Crippen MR) is 98.6 cm³/mol. The van der Waals surface area contributed by atoms with Crippen LogP contribution in [-0.4, -0.2) is 61.0 Å². The molecule has 1 aliphatic rings. The van der Waals surface area contributed by atoms with Crippen LogP contribution >= 0.6 is 0 Å². The second kappa shape index (κ2) is 9.77. The number of hydrogen-bond donors (Lipinski definition) is 2. The number of nitrogens with one attached hydrogen (secondary N) is 1. The standard InChI is InChI=1S/C19H32N4O/c1-16(2)14-18(20)19(24)21-8-9-22-10-12-23(13-11-22)15-17-6-4-3-5-7-17/h3-7,16,18H,8-15,20H2,1-2H3,(H,21,24)/t18-/m0/s1. The summed E-state index contributed by atoms with van der Waals surface area (Å²) in [6, 6.07) is 10.2. The lowest BCUT2D eigenvalue weighted by Crippen LogP contribution is -2.49. The summed E-state index contributed by atoms with van der Waals surface area (Å²) in [5.74, 6) is 0.426. The van der Waals surface area contributed by atoms with E-state index in [0.717, 1.165) is 45.7 Å². The summed E-state index contributed by atoms with van der Waals surface area (Å²) in [6.07, 6.45) is 0.740. The van der Waals surface area contributed by atoms with Gasteiger partial charge in [0.2, 0.25) is 5.91 Å². The number of rotatable bonds is 8. The number of carbonyl (C=O) groups excluding carboxylic acids is 1. The van der Waals surface area contributed by atoms with Gasteiger partial charge < -0.3 is 11.1 Å². The highest BCUT2D eigenvalue weighted by Crippen LogP contribution is 2.08. The van der Waals surface area contributed by atoms with Crippen molar-refractivity contribution in [2.45, 2.75) is 32.9 Å². The number of piperazine rings is 1. The molecule has 1 aromatic rings. The molecule has 24 heavy (non-hydrogen) atoms. The van der Waals surface area contributed by atoms with E-state index in [2.05, 4.69) is 59.3 Å². The van der Waals surface area contributed by atoms with E-state index in [-0.39, 0.29) is 11.9 Å². The minimum Gasteiger partial charge on any atom is -0.353 e. The van der Waals surface area contributed by atoms with Crippen LogP contribution in [0.15, 0.2) is 30.3 Å². The van der Waals surface area contributed by atoms with Crippen molar-refractivity contribution in [3.63, 3.8) is 0 Å². The fraction of sp³-hybridized carbons (Fsp3) is 0.632. The van der Waals surface area contributed by atoms with Crippen LogP contribution in [0.4, 0.5) is 0 Å². The maximum Gasteiger partial charge on any atom is 0.236 e. The van der Waals surface area contributed by atoms with Gasteiger partial charge in [-0.25, -0.2) is 0 Å². The first-order valence-electron chi connectivity index (χ1n) is 9.06. The van der Waals surface area contributed by atoms with Crippen molar-refractivity contribution in [1.82, 2.24) is 15.1 Å². The van der Waals surface area contributed by atoms with Gasteiger partial charge >= 0.3 is 0 Å². The molecule has 1 saturated heterocycles. The van der Waals surface area contributed by atoms with Gasteiger partial charge in [-0.05, 0) is 17.9 Å². The van der Waals surface area contributed by atoms with Crippen LogP contribution in [0.2, 0.25) is 0 Å². The van der Waals surface area contributed by atoms with Crippen molar-refractivity contribution in [1.29, 1.82) is 0 Å². The normalized spacial score (nSPS) is 17.8. The Morgan fingerprint density at radius 1 is 1.12 bits per heavy atom. The molecular formula is C19H32N4O. The molecule has 0 saturated carbocycles. The Morgan fingerprint density at radius 3 is 2.38 bits per heavy atom. The van der Waals surface area contributed by atoms with E-state index in [9.17, 15) is 4.79 Å². The van der Waals surface area contributed by atoms with Gasteiger partial charge in [0.15, 0.2) is 0 Å². The SMILES string of the molecule is CC(C)C[C@H](N)C(=O)NCCN1CCN(Cc2ccccc2)CC1. The van der Waals surface area contributed by atoms with E-state index >= 15 is 0 Å². The lowest BCUT2D eigenvalue weighted by molar-refractivity contribution is -0.122. The van der Waals surface area contributed by atoms with Crippen molar-refractivity contribution in [3.8, 4) is 0 Å². The van der Waals surface area contributed by atoms with Gasteiger partial charge in [-0.2, -0.15) is 0 Å². The molecule has 1 heterocycles. The first kappa shape index (κ1) is 18.9. The van der Waals surface area contributed by atoms with Crippen LogP contribution in [0.1, 0.15) is 25.8 Å². The molecular weight excluding hydrogens is 300 g/mol. The molecule has 1 fully saturated rings. The molecule has 3 N–H and O–H groups in total. The topological polar surface area (TPSA) is 61.6 Å². The zero-order chi connectivity index (χ0) is 17.4. The average Bonchev–Trinajstić information content (AvgIpc) is 2.56. The fourth-order valence-corrected chi connectivity index (χ4v) is 3.10. The Labute approximate surface area is 146 Å². The van der Waals surface area contributed by atoms with E-state index in [1.165, 1.54) is 5.56 Å². The Morgan fingerprint density at radius 2 is 1.75 bits per heavy atom. The molecule has 134 valence electrons. The largest absolute Gasteiger partial charge is 0.353 e. The zero-order valence-corrected chi connectivity index (χ0v) is 15.1. The number of hydrogen-bond acceptors (Lipinski definition) is 4. The highest BCUT2D eigenvalue weighted by Gasteiger charge is 2.18. The molecule has 0 bridgehead atoms. The molecule has 1 amide bonds. The maximum atomic E-state index is 11.9. The number of amides is 1. The second-order valence-corrected chi connectivity index (χ2v) is 7.13. The first-order valence-corrected chi connectivity index (χ1v) is 9.06. The van der Waals surface area contributed by atoms with Crippen molar-refractivity contribution >= 4 is 5.91 Å². The van der Waals surface area contributed by atoms with E-state index < -0.39 is 0 Å². The Bertz CT molecular complexity index is 483. The summed E-state index contributed by atoms with van der Waals surface area (Å²) in [5.41, 5.74) is 7.27. The lowest BCUT2D eigenvalue weighted by atomic mass is 10.0. The second-order valence-electron chi connectivity index (χ2n) is 7.13. The minimum absolute atomic E-state index is 0.0218. The molecule has 1 atom stereocenters. The van der Waals surface area contributed by atoms with Crippen LogP contribution in [0, 0.1) is 5.92 Å². The quantitative estimate of drug-likeness (QED) is 0.753. The molecule has 0 aliphatic carbocycles. The summed E-state index contributed by atoms with van der Waals surface area (Å²) in [7, 11) is 0. The summed E-state index contributed by atoms with van der Waals surface area (Å²) in [5, 5.41) is 2.97. The lowest BCUT2D eigenvalue weighted by Gasteiger charge is -2.34. The fourth-order valence-electron chi connectivity index (χ4n) is 3.10. The van der Waals surface area contributed by atoms with Gasteiger partial charge in [0, 0.05) is 45.8 Å². The molecule has 5 heteroatoms. The third-order valence-electron chi connectivity index (χ3n) is 4.50. The molecule has 1 aromatic carbocycles. The van der Waals surface area contributed by atoms with Crippen molar-refractivity contribution < 1.29 is 4.79 Å².